The van der Waals surface area contributed by atoms with Gasteiger partial charge in [-0.2, -0.15) is 0 Å². The van der Waals surface area contributed by atoms with Gasteiger partial charge in [-0.15, -0.1) is 6.58 Å². The van der Waals surface area contributed by atoms with Crippen molar-refractivity contribution in [3.63, 3.8) is 0 Å². The van der Waals surface area contributed by atoms with Gasteiger partial charge in [0.25, 0.3) is 0 Å². The number of phenols is 1. The topological polar surface area (TPSA) is 57.5 Å². The van der Waals surface area contributed by atoms with E-state index in [4.69, 9.17) is 5.11 Å². The monoisotopic (exact) mass is 218 g/mol. The second kappa shape index (κ2) is 5.75. The number of aromatic carboxylic acids is 1. The summed E-state index contributed by atoms with van der Waals surface area (Å²) < 4.78 is 0. The third-order valence-corrected chi connectivity index (χ3v) is 2.11. The Hall–Kier alpha value is -2.03. The van der Waals surface area contributed by atoms with Gasteiger partial charge in [-0.3, -0.25) is 0 Å². The van der Waals surface area contributed by atoms with Crippen LogP contribution in [-0.2, 0) is 6.42 Å². The second-order valence-electron chi connectivity index (χ2n) is 3.36. The normalized spacial score (nSPS) is 10.5. The quantitative estimate of drug-likeness (QED) is 0.747. The molecule has 0 heterocycles. The van der Waals surface area contributed by atoms with Crippen LogP contribution in [0.2, 0.25) is 0 Å². The molecule has 0 saturated carbocycles. The van der Waals surface area contributed by atoms with E-state index in [1.165, 1.54) is 12.1 Å². The van der Waals surface area contributed by atoms with Crippen molar-refractivity contribution in [3.05, 3.63) is 54.1 Å². The average molecular weight is 218 g/mol. The third kappa shape index (κ3) is 3.28. The molecule has 3 heteroatoms. The highest BCUT2D eigenvalue weighted by Crippen LogP contribution is 2.18. The van der Waals surface area contributed by atoms with E-state index in [1.54, 1.807) is 12.1 Å². The molecule has 0 radical (unpaired) electrons. The molecule has 16 heavy (non-hydrogen) atoms. The van der Waals surface area contributed by atoms with Crippen molar-refractivity contribution in [2.45, 2.75) is 12.8 Å². The predicted molar refractivity (Wildman–Crippen MR) is 62.7 cm³/mol. The zero-order valence-electron chi connectivity index (χ0n) is 8.89. The first kappa shape index (κ1) is 12.0. The van der Waals surface area contributed by atoms with Crippen molar-refractivity contribution in [1.82, 2.24) is 0 Å². The summed E-state index contributed by atoms with van der Waals surface area (Å²) in [5, 5.41) is 18.1. The third-order valence-electron chi connectivity index (χ3n) is 2.11. The highest BCUT2D eigenvalue weighted by atomic mass is 16.4. The molecule has 84 valence electrons. The van der Waals surface area contributed by atoms with Gasteiger partial charge in [0.2, 0.25) is 0 Å². The summed E-state index contributed by atoms with van der Waals surface area (Å²) >= 11 is 0. The van der Waals surface area contributed by atoms with Crippen LogP contribution in [0.15, 0.2) is 43.0 Å². The summed E-state index contributed by atoms with van der Waals surface area (Å²) in [6.45, 7) is 3.59. The molecule has 0 aliphatic heterocycles. The molecule has 0 aromatic heterocycles. The van der Waals surface area contributed by atoms with Gasteiger partial charge in [-0.25, -0.2) is 4.79 Å². The Morgan fingerprint density at radius 2 is 2.12 bits per heavy atom. The van der Waals surface area contributed by atoms with Crippen molar-refractivity contribution in [2.24, 2.45) is 0 Å². The van der Waals surface area contributed by atoms with Gasteiger partial charge in [-0.1, -0.05) is 24.3 Å². The van der Waals surface area contributed by atoms with E-state index in [0.717, 1.165) is 12.0 Å². The van der Waals surface area contributed by atoms with Gasteiger partial charge in [-0.05, 0) is 30.5 Å². The Morgan fingerprint density at radius 3 is 2.75 bits per heavy atom. The summed E-state index contributed by atoms with van der Waals surface area (Å²) in [7, 11) is 0. The van der Waals surface area contributed by atoms with Crippen LogP contribution in [0.5, 0.6) is 5.75 Å². The standard InChI is InChI=1S/C13H14O3/c1-2-3-4-5-6-10-7-8-12(14)11(9-10)13(15)16/h2,4-5,7-9,14H,1,3,6H2,(H,15,16). The minimum atomic E-state index is -1.12. The van der Waals surface area contributed by atoms with Crippen LogP contribution in [-0.4, -0.2) is 16.2 Å². The van der Waals surface area contributed by atoms with Crippen molar-refractivity contribution in [2.75, 3.05) is 0 Å². The van der Waals surface area contributed by atoms with E-state index in [1.807, 2.05) is 12.2 Å². The summed E-state index contributed by atoms with van der Waals surface area (Å²) in [6, 6.07) is 4.59. The van der Waals surface area contributed by atoms with Gasteiger partial charge in [0, 0.05) is 0 Å². The van der Waals surface area contributed by atoms with Crippen molar-refractivity contribution < 1.29 is 15.0 Å². The summed E-state index contributed by atoms with van der Waals surface area (Å²) in [6.07, 6.45) is 7.13. The van der Waals surface area contributed by atoms with Gasteiger partial charge < -0.3 is 10.2 Å². The Labute approximate surface area is 94.4 Å². The van der Waals surface area contributed by atoms with Gasteiger partial charge in [0.05, 0.1) is 0 Å². The highest BCUT2D eigenvalue weighted by molar-refractivity contribution is 5.90. The van der Waals surface area contributed by atoms with Crippen molar-refractivity contribution in [3.8, 4) is 5.75 Å². The van der Waals surface area contributed by atoms with Crippen LogP contribution in [0.4, 0.5) is 0 Å². The lowest BCUT2D eigenvalue weighted by molar-refractivity contribution is 0.0693. The van der Waals surface area contributed by atoms with Crippen LogP contribution < -0.4 is 0 Å². The Balaban J connectivity index is 2.78. The molecular formula is C13H14O3. The number of allylic oxidation sites excluding steroid dienone is 3. The molecule has 0 fully saturated rings. The molecular weight excluding hydrogens is 204 g/mol. The second-order valence-corrected chi connectivity index (χ2v) is 3.36. The number of carboxylic acid groups (broad SMARTS) is 1. The maximum Gasteiger partial charge on any atom is 0.339 e. The summed E-state index contributed by atoms with van der Waals surface area (Å²) in [5.41, 5.74) is 0.796. The van der Waals surface area contributed by atoms with Gasteiger partial charge >= 0.3 is 5.97 Å². The maximum absolute atomic E-state index is 10.8. The smallest absolute Gasteiger partial charge is 0.339 e. The van der Waals surface area contributed by atoms with Crippen LogP contribution in [0.1, 0.15) is 22.3 Å². The number of hydrogen-bond acceptors (Lipinski definition) is 2. The molecule has 3 nitrogen and oxygen atoms in total. The lowest BCUT2D eigenvalue weighted by atomic mass is 10.1. The average Bonchev–Trinajstić information content (AvgIpc) is 2.26. The van der Waals surface area contributed by atoms with Gasteiger partial charge in [0.15, 0.2) is 0 Å². The van der Waals surface area contributed by atoms with Crippen LogP contribution >= 0.6 is 0 Å². The first-order chi connectivity index (χ1) is 7.65. The van der Waals surface area contributed by atoms with Gasteiger partial charge in [0.1, 0.15) is 11.3 Å². The number of hydrogen-bond donors (Lipinski definition) is 2. The summed E-state index contributed by atoms with van der Waals surface area (Å²) in [4.78, 5) is 10.8. The molecule has 0 atom stereocenters. The van der Waals surface area contributed by atoms with E-state index in [0.29, 0.717) is 6.42 Å². The molecule has 1 aromatic carbocycles. The molecule has 0 bridgehead atoms. The first-order valence-corrected chi connectivity index (χ1v) is 4.96. The van der Waals surface area contributed by atoms with Crippen LogP contribution in [0, 0.1) is 0 Å². The lowest BCUT2D eigenvalue weighted by Crippen LogP contribution is -1.97. The van der Waals surface area contributed by atoms with Crippen LogP contribution in [0.3, 0.4) is 0 Å². The Morgan fingerprint density at radius 1 is 1.38 bits per heavy atom. The number of carboxylic acids is 1. The Kier molecular flexibility index (Phi) is 4.33. The van der Waals surface area contributed by atoms with E-state index in [-0.39, 0.29) is 11.3 Å². The maximum atomic E-state index is 10.8. The molecule has 1 aromatic rings. The molecule has 0 amide bonds. The number of carbonyl (C=O) groups is 1. The molecule has 1 rings (SSSR count). The zero-order chi connectivity index (χ0) is 12.0. The van der Waals surface area contributed by atoms with E-state index in [9.17, 15) is 9.90 Å². The number of aromatic hydroxyl groups is 1. The lowest BCUT2D eigenvalue weighted by Gasteiger charge is -2.02. The number of rotatable bonds is 5. The van der Waals surface area contributed by atoms with E-state index in [2.05, 4.69) is 6.58 Å². The first-order valence-electron chi connectivity index (χ1n) is 4.96. The fraction of sp³-hybridized carbons (Fsp3) is 0.154. The molecule has 0 aliphatic carbocycles. The Bertz CT molecular complexity index is 419. The van der Waals surface area contributed by atoms with E-state index < -0.39 is 5.97 Å². The molecule has 0 unspecified atom stereocenters. The fourth-order valence-corrected chi connectivity index (χ4v) is 1.29. The zero-order valence-corrected chi connectivity index (χ0v) is 8.89. The fourth-order valence-electron chi connectivity index (χ4n) is 1.29. The molecule has 2 N–H and O–H groups in total. The minimum Gasteiger partial charge on any atom is -0.507 e. The SMILES string of the molecule is C=CCC=CCc1ccc(O)c(C(=O)O)c1. The van der Waals surface area contributed by atoms with E-state index >= 15 is 0 Å². The molecule has 0 spiro atoms. The minimum absolute atomic E-state index is 0.0605. The molecule has 0 aliphatic rings. The highest BCUT2D eigenvalue weighted by Gasteiger charge is 2.09. The number of benzene rings is 1. The molecule has 0 saturated heterocycles. The van der Waals surface area contributed by atoms with Crippen LogP contribution in [0.25, 0.3) is 0 Å². The van der Waals surface area contributed by atoms with Crippen molar-refractivity contribution >= 4 is 5.97 Å². The summed E-state index contributed by atoms with van der Waals surface area (Å²) in [5.74, 6) is -1.32. The largest absolute Gasteiger partial charge is 0.507 e. The predicted octanol–water partition coefficient (Wildman–Crippen LogP) is 2.77. The van der Waals surface area contributed by atoms with Crippen molar-refractivity contribution in [1.29, 1.82) is 0 Å².